The Labute approximate surface area is 199 Å². The summed E-state index contributed by atoms with van der Waals surface area (Å²) in [4.78, 5) is 13.4. The van der Waals surface area contributed by atoms with Crippen molar-refractivity contribution in [1.82, 2.24) is 4.90 Å². The first kappa shape index (κ1) is 28.3. The van der Waals surface area contributed by atoms with Gasteiger partial charge in [-0.15, -0.1) is 0 Å². The van der Waals surface area contributed by atoms with E-state index in [1.54, 1.807) is 0 Å². The Morgan fingerprint density at radius 1 is 1.12 bits per heavy atom. The smallest absolute Gasteiger partial charge is 0.416 e. The van der Waals surface area contributed by atoms with E-state index in [0.717, 1.165) is 12.1 Å². The van der Waals surface area contributed by atoms with E-state index < -0.39 is 48.4 Å². The van der Waals surface area contributed by atoms with E-state index in [0.29, 0.717) is 6.42 Å². The number of piperidine rings is 1. The fourth-order valence-electron chi connectivity index (χ4n) is 4.50. The molecule has 2 rings (SSSR count). The highest BCUT2D eigenvalue weighted by molar-refractivity contribution is 5.67. The van der Waals surface area contributed by atoms with Crippen LogP contribution in [0, 0.1) is 16.7 Å². The lowest BCUT2D eigenvalue weighted by Gasteiger charge is -2.49. The minimum atomic E-state index is -4.56. The normalized spacial score (nSPS) is 23.3. The van der Waals surface area contributed by atoms with Crippen LogP contribution in [0.5, 0.6) is 0 Å². The fraction of sp³-hybridized carbons (Fsp3) is 0.654. The zero-order valence-corrected chi connectivity index (χ0v) is 20.7. The maximum Gasteiger partial charge on any atom is 0.416 e. The van der Waals surface area contributed by atoms with Crippen LogP contribution in [0.2, 0.25) is 0 Å². The summed E-state index contributed by atoms with van der Waals surface area (Å²) in [6.07, 6.45) is -1.25. The van der Waals surface area contributed by atoms with Crippen LogP contribution in [0.4, 0.5) is 22.0 Å². The van der Waals surface area contributed by atoms with Gasteiger partial charge in [-0.05, 0) is 34.9 Å². The summed E-state index contributed by atoms with van der Waals surface area (Å²) in [6.45, 7) is 12.2. The van der Waals surface area contributed by atoms with Crippen LogP contribution in [-0.2, 0) is 11.0 Å². The summed E-state index contributed by atoms with van der Waals surface area (Å²) >= 11 is 0. The third kappa shape index (κ3) is 7.79. The molecule has 1 aromatic rings. The molecule has 0 saturated carbocycles. The van der Waals surface area contributed by atoms with Crippen LogP contribution in [-0.4, -0.2) is 34.5 Å². The van der Waals surface area contributed by atoms with Crippen LogP contribution < -0.4 is 0 Å². The van der Waals surface area contributed by atoms with Gasteiger partial charge in [0.2, 0.25) is 0 Å². The predicted molar refractivity (Wildman–Crippen MR) is 123 cm³/mol. The van der Waals surface area contributed by atoms with Gasteiger partial charge in [-0.3, -0.25) is 9.69 Å². The van der Waals surface area contributed by atoms with E-state index in [9.17, 15) is 23.1 Å². The second-order valence-corrected chi connectivity index (χ2v) is 11.6. The Kier molecular flexibility index (Phi) is 8.28. The molecule has 0 spiro atoms. The van der Waals surface area contributed by atoms with Gasteiger partial charge in [-0.2, -0.15) is 13.2 Å². The van der Waals surface area contributed by atoms with E-state index in [2.05, 4.69) is 0 Å². The van der Waals surface area contributed by atoms with Crippen molar-refractivity contribution >= 4 is 5.97 Å². The highest BCUT2D eigenvalue weighted by atomic mass is 19.4. The van der Waals surface area contributed by atoms with Gasteiger partial charge < -0.3 is 5.11 Å². The lowest BCUT2D eigenvalue weighted by atomic mass is 9.77. The molecule has 0 radical (unpaired) electrons. The van der Waals surface area contributed by atoms with Crippen LogP contribution >= 0.6 is 0 Å². The summed E-state index contributed by atoms with van der Waals surface area (Å²) in [5.41, 5.74) is -0.944. The molecule has 0 amide bonds. The predicted octanol–water partition coefficient (Wildman–Crippen LogP) is 7.59. The lowest BCUT2D eigenvalue weighted by molar-refractivity contribution is -0.161. The summed E-state index contributed by atoms with van der Waals surface area (Å²) in [6, 6.07) is 2.83. The molecule has 3 atom stereocenters. The standard InChI is InChI=1S/C26H36F5NO2/c1-23(2,3)12-11-19(16-24(4,5)6)32-14-13-25(27,28)20(15-21(33)34)22(32)17-7-9-18(10-8-17)26(29,30)31/h7-12,19-20,22H,13-16H2,1-6H3,(H,33,34)/b12-11+/t19-,20-,22-/m1/s1. The maximum absolute atomic E-state index is 15.1. The number of nitrogens with zero attached hydrogens (tertiary/aromatic N) is 1. The first-order chi connectivity index (χ1) is 15.3. The molecule has 8 heteroatoms. The lowest BCUT2D eigenvalue weighted by Crippen LogP contribution is -2.53. The molecule has 1 fully saturated rings. The maximum atomic E-state index is 15.1. The average Bonchev–Trinajstić information content (AvgIpc) is 2.64. The van der Waals surface area contributed by atoms with Gasteiger partial charge in [0.25, 0.3) is 5.92 Å². The number of likely N-dealkylation sites (tertiary alicyclic amines) is 1. The van der Waals surface area contributed by atoms with Gasteiger partial charge in [-0.1, -0.05) is 65.8 Å². The number of carboxylic acid groups (broad SMARTS) is 1. The third-order valence-corrected chi connectivity index (χ3v) is 6.02. The molecule has 0 bridgehead atoms. The fourth-order valence-corrected chi connectivity index (χ4v) is 4.50. The van der Waals surface area contributed by atoms with E-state index in [1.165, 1.54) is 12.1 Å². The second kappa shape index (κ2) is 9.96. The van der Waals surface area contributed by atoms with E-state index >= 15 is 8.78 Å². The number of benzene rings is 1. The van der Waals surface area contributed by atoms with Gasteiger partial charge in [0, 0.05) is 25.0 Å². The Morgan fingerprint density at radius 2 is 1.68 bits per heavy atom. The van der Waals surface area contributed by atoms with Crippen molar-refractivity contribution in [3.05, 3.63) is 47.5 Å². The van der Waals surface area contributed by atoms with E-state index in [-0.39, 0.29) is 29.0 Å². The highest BCUT2D eigenvalue weighted by Gasteiger charge is 2.52. The molecule has 34 heavy (non-hydrogen) atoms. The van der Waals surface area contributed by atoms with Crippen molar-refractivity contribution in [2.45, 2.75) is 85.0 Å². The third-order valence-electron chi connectivity index (χ3n) is 6.02. The van der Waals surface area contributed by atoms with Crippen LogP contribution in [0.3, 0.4) is 0 Å². The average molecular weight is 490 g/mol. The zero-order chi connectivity index (χ0) is 26.1. The van der Waals surface area contributed by atoms with Gasteiger partial charge >= 0.3 is 12.1 Å². The number of alkyl halides is 5. The minimum absolute atomic E-state index is 0.00401. The van der Waals surface area contributed by atoms with Crippen LogP contribution in [0.25, 0.3) is 0 Å². The zero-order valence-electron chi connectivity index (χ0n) is 20.7. The Bertz CT molecular complexity index is 863. The minimum Gasteiger partial charge on any atom is -0.481 e. The molecular weight excluding hydrogens is 453 g/mol. The van der Waals surface area contributed by atoms with Gasteiger partial charge in [-0.25, -0.2) is 8.78 Å². The number of carboxylic acids is 1. The quantitative estimate of drug-likeness (QED) is 0.331. The molecule has 1 N–H and O–H groups in total. The van der Waals surface area contributed by atoms with Gasteiger partial charge in [0.15, 0.2) is 0 Å². The topological polar surface area (TPSA) is 40.5 Å². The van der Waals surface area contributed by atoms with Crippen molar-refractivity contribution in [3.63, 3.8) is 0 Å². The monoisotopic (exact) mass is 489 g/mol. The molecule has 1 aromatic carbocycles. The molecule has 3 nitrogen and oxygen atoms in total. The van der Waals surface area contributed by atoms with E-state index in [4.69, 9.17) is 0 Å². The van der Waals surface area contributed by atoms with E-state index in [1.807, 2.05) is 58.6 Å². The summed E-state index contributed by atoms with van der Waals surface area (Å²) in [5.74, 6) is -6.19. The highest BCUT2D eigenvalue weighted by Crippen LogP contribution is 2.49. The molecule has 0 aromatic heterocycles. The van der Waals surface area contributed by atoms with Crippen molar-refractivity contribution in [3.8, 4) is 0 Å². The number of aliphatic carboxylic acids is 1. The number of hydrogen-bond acceptors (Lipinski definition) is 2. The Balaban J connectivity index is 2.63. The summed E-state index contributed by atoms with van der Waals surface area (Å²) in [5, 5.41) is 9.42. The van der Waals surface area contributed by atoms with Crippen molar-refractivity contribution in [1.29, 1.82) is 0 Å². The Morgan fingerprint density at radius 3 is 2.12 bits per heavy atom. The SMILES string of the molecule is CC(C)(C)/C=C/[C@H](CC(C)(C)C)N1CCC(F)(F)[C@H](CC(=O)O)[C@H]1c1ccc(C(F)(F)F)cc1. The van der Waals surface area contributed by atoms with Gasteiger partial charge in [0.05, 0.1) is 17.9 Å². The van der Waals surface area contributed by atoms with Gasteiger partial charge in [0.1, 0.15) is 0 Å². The first-order valence-electron chi connectivity index (χ1n) is 11.5. The molecule has 1 saturated heterocycles. The van der Waals surface area contributed by atoms with Crippen molar-refractivity contribution in [2.75, 3.05) is 6.54 Å². The molecular formula is C26H36F5NO2. The molecule has 0 aliphatic carbocycles. The van der Waals surface area contributed by atoms with Crippen molar-refractivity contribution in [2.24, 2.45) is 16.7 Å². The largest absolute Gasteiger partial charge is 0.481 e. The number of rotatable bonds is 6. The van der Waals surface area contributed by atoms with Crippen molar-refractivity contribution < 1.29 is 31.9 Å². The number of allylic oxidation sites excluding steroid dienone is 1. The molecule has 1 aliphatic rings. The van der Waals surface area contributed by atoms with Crippen LogP contribution in [0.15, 0.2) is 36.4 Å². The molecule has 1 heterocycles. The van der Waals surface area contributed by atoms with Crippen LogP contribution in [0.1, 0.15) is 78.0 Å². The number of hydrogen-bond donors (Lipinski definition) is 1. The summed E-state index contributed by atoms with van der Waals surface area (Å²) < 4.78 is 69.5. The second-order valence-electron chi connectivity index (χ2n) is 11.6. The number of halogens is 5. The number of carbonyl (C=O) groups is 1. The Hall–Kier alpha value is -1.96. The molecule has 1 aliphatic heterocycles. The molecule has 0 unspecified atom stereocenters. The first-order valence-corrected chi connectivity index (χ1v) is 11.5. The summed E-state index contributed by atoms with van der Waals surface area (Å²) in [7, 11) is 0. The molecule has 192 valence electrons.